The van der Waals surface area contributed by atoms with Crippen LogP contribution in [-0.2, 0) is 0 Å². The van der Waals surface area contributed by atoms with Gasteiger partial charge in [0, 0.05) is 0 Å². The molecule has 1 atom stereocenters. The molecular weight excluding hydrogens is 180 g/mol. The van der Waals surface area contributed by atoms with Gasteiger partial charge < -0.3 is 0 Å². The van der Waals surface area contributed by atoms with Crippen molar-refractivity contribution < 1.29 is 0 Å². The summed E-state index contributed by atoms with van der Waals surface area (Å²) in [6, 6.07) is 0. The molecule has 0 aromatic carbocycles. The van der Waals surface area contributed by atoms with Gasteiger partial charge in [0.05, 0.1) is 0 Å². The Balaban J connectivity index is 2.85. The van der Waals surface area contributed by atoms with E-state index in [2.05, 4.69) is 52.0 Å². The average molecular weight is 204 g/mol. The van der Waals surface area contributed by atoms with Gasteiger partial charge in [0.15, 0.2) is 0 Å². The molecule has 0 heterocycles. The minimum atomic E-state index is 0.646. The van der Waals surface area contributed by atoms with Crippen LogP contribution in [0.5, 0.6) is 0 Å². The van der Waals surface area contributed by atoms with Gasteiger partial charge in [-0.05, 0) is 36.7 Å². The van der Waals surface area contributed by atoms with Crippen molar-refractivity contribution in [2.75, 3.05) is 0 Å². The monoisotopic (exact) mass is 204 g/mol. The van der Waals surface area contributed by atoms with Crippen molar-refractivity contribution in [1.29, 1.82) is 0 Å². The molecule has 0 aliphatic heterocycles. The highest BCUT2D eigenvalue weighted by molar-refractivity contribution is 5.25. The maximum Gasteiger partial charge on any atom is -0.0133 e. The Bertz CT molecular complexity index is 276. The standard InChI is InChI=1S/C15H24/c1-5-14-9-10-15(12(2)3)8-6-7-13(4)11-14/h6,8,10-13H,5,7,9H2,1-4H3. The molecule has 1 aliphatic rings. The van der Waals surface area contributed by atoms with Crippen molar-refractivity contribution in [1.82, 2.24) is 0 Å². The summed E-state index contributed by atoms with van der Waals surface area (Å²) in [5, 5.41) is 0. The fraction of sp³-hybridized carbons (Fsp3) is 0.600. The van der Waals surface area contributed by atoms with Gasteiger partial charge in [-0.2, -0.15) is 0 Å². The third-order valence-corrected chi connectivity index (χ3v) is 3.06. The highest BCUT2D eigenvalue weighted by atomic mass is 14.1. The molecule has 0 heteroatoms. The molecule has 0 N–H and O–H groups in total. The smallest absolute Gasteiger partial charge is 0.0133 e. The Morgan fingerprint density at radius 1 is 1.40 bits per heavy atom. The molecule has 0 aromatic rings. The topological polar surface area (TPSA) is 0 Å². The Morgan fingerprint density at radius 2 is 2.13 bits per heavy atom. The average Bonchev–Trinajstić information content (AvgIpc) is 2.28. The summed E-state index contributed by atoms with van der Waals surface area (Å²) >= 11 is 0. The first kappa shape index (κ1) is 12.3. The van der Waals surface area contributed by atoms with Crippen LogP contribution in [0.15, 0.2) is 35.5 Å². The van der Waals surface area contributed by atoms with E-state index < -0.39 is 0 Å². The van der Waals surface area contributed by atoms with Crippen LogP contribution in [0.3, 0.4) is 0 Å². The largest absolute Gasteiger partial charge is 0.0837 e. The van der Waals surface area contributed by atoms with Gasteiger partial charge in [-0.1, -0.05) is 57.6 Å². The lowest BCUT2D eigenvalue weighted by Crippen LogP contribution is -1.90. The van der Waals surface area contributed by atoms with Crippen molar-refractivity contribution in [3.05, 3.63) is 35.5 Å². The van der Waals surface area contributed by atoms with Crippen LogP contribution < -0.4 is 0 Å². The van der Waals surface area contributed by atoms with E-state index in [1.54, 1.807) is 5.57 Å². The van der Waals surface area contributed by atoms with E-state index in [-0.39, 0.29) is 0 Å². The van der Waals surface area contributed by atoms with Crippen LogP contribution in [-0.4, -0.2) is 0 Å². The highest BCUT2D eigenvalue weighted by Crippen LogP contribution is 2.21. The molecular formula is C15H24. The molecule has 0 nitrogen and oxygen atoms in total. The number of hydrogen-bond acceptors (Lipinski definition) is 0. The van der Waals surface area contributed by atoms with Crippen LogP contribution in [0.25, 0.3) is 0 Å². The lowest BCUT2D eigenvalue weighted by atomic mass is 9.99. The molecule has 1 aliphatic carbocycles. The molecule has 1 unspecified atom stereocenters. The van der Waals surface area contributed by atoms with Crippen molar-refractivity contribution in [2.24, 2.45) is 11.8 Å². The van der Waals surface area contributed by atoms with Crippen LogP contribution in [0, 0.1) is 11.8 Å². The van der Waals surface area contributed by atoms with Gasteiger partial charge in [0.1, 0.15) is 0 Å². The third-order valence-electron chi connectivity index (χ3n) is 3.06. The second kappa shape index (κ2) is 5.95. The van der Waals surface area contributed by atoms with Crippen LogP contribution in [0.4, 0.5) is 0 Å². The predicted octanol–water partition coefficient (Wildman–Crippen LogP) is 4.89. The second-order valence-corrected chi connectivity index (χ2v) is 4.86. The number of hydrogen-bond donors (Lipinski definition) is 0. The normalized spacial score (nSPS) is 22.9. The number of rotatable bonds is 2. The van der Waals surface area contributed by atoms with Gasteiger partial charge >= 0.3 is 0 Å². The molecule has 0 aromatic heterocycles. The van der Waals surface area contributed by atoms with Crippen molar-refractivity contribution in [3.63, 3.8) is 0 Å². The molecule has 0 spiro atoms. The van der Waals surface area contributed by atoms with Crippen LogP contribution in [0.1, 0.15) is 47.0 Å². The van der Waals surface area contributed by atoms with Gasteiger partial charge in [-0.25, -0.2) is 0 Å². The van der Waals surface area contributed by atoms with Crippen molar-refractivity contribution in [2.45, 2.75) is 47.0 Å². The van der Waals surface area contributed by atoms with Gasteiger partial charge in [0.2, 0.25) is 0 Å². The summed E-state index contributed by atoms with van der Waals surface area (Å²) in [6.45, 7) is 9.10. The summed E-state index contributed by atoms with van der Waals surface area (Å²) < 4.78 is 0. The Kier molecular flexibility index (Phi) is 4.87. The SMILES string of the molecule is CCC1=CC(C)CC=CC(C(C)C)=CC1. The Hall–Kier alpha value is -0.780. The highest BCUT2D eigenvalue weighted by Gasteiger charge is 2.04. The fourth-order valence-electron chi connectivity index (χ4n) is 1.96. The van der Waals surface area contributed by atoms with Crippen LogP contribution in [0.2, 0.25) is 0 Å². The fourth-order valence-corrected chi connectivity index (χ4v) is 1.96. The Labute approximate surface area is 94.8 Å². The zero-order valence-corrected chi connectivity index (χ0v) is 10.6. The van der Waals surface area contributed by atoms with Gasteiger partial charge in [-0.15, -0.1) is 0 Å². The molecule has 84 valence electrons. The second-order valence-electron chi connectivity index (χ2n) is 4.86. The summed E-state index contributed by atoms with van der Waals surface area (Å²) in [5.41, 5.74) is 3.08. The molecule has 0 amide bonds. The molecule has 0 saturated heterocycles. The number of allylic oxidation sites excluding steroid dienone is 6. The summed E-state index contributed by atoms with van der Waals surface area (Å²) in [7, 11) is 0. The first-order valence-corrected chi connectivity index (χ1v) is 6.19. The van der Waals surface area contributed by atoms with E-state index in [4.69, 9.17) is 0 Å². The molecule has 0 fully saturated rings. The molecule has 0 saturated carbocycles. The summed E-state index contributed by atoms with van der Waals surface area (Å²) in [6.07, 6.45) is 13.0. The first-order valence-electron chi connectivity index (χ1n) is 6.19. The van der Waals surface area contributed by atoms with E-state index in [0.29, 0.717) is 11.8 Å². The van der Waals surface area contributed by atoms with Crippen molar-refractivity contribution in [3.8, 4) is 0 Å². The lowest BCUT2D eigenvalue weighted by Gasteiger charge is -2.07. The molecule has 0 bridgehead atoms. The minimum absolute atomic E-state index is 0.646. The Morgan fingerprint density at radius 3 is 2.73 bits per heavy atom. The minimum Gasteiger partial charge on any atom is -0.0837 e. The maximum absolute atomic E-state index is 2.45. The predicted molar refractivity (Wildman–Crippen MR) is 68.8 cm³/mol. The van der Waals surface area contributed by atoms with E-state index in [9.17, 15) is 0 Å². The summed E-state index contributed by atoms with van der Waals surface area (Å²) in [4.78, 5) is 0. The van der Waals surface area contributed by atoms with Crippen molar-refractivity contribution >= 4 is 0 Å². The quantitative estimate of drug-likeness (QED) is 0.562. The molecule has 1 rings (SSSR count). The zero-order valence-electron chi connectivity index (χ0n) is 10.6. The third kappa shape index (κ3) is 4.07. The molecule has 0 radical (unpaired) electrons. The van der Waals surface area contributed by atoms with E-state index in [1.165, 1.54) is 18.4 Å². The lowest BCUT2D eigenvalue weighted by molar-refractivity contribution is 0.730. The van der Waals surface area contributed by atoms with Gasteiger partial charge in [0.25, 0.3) is 0 Å². The zero-order chi connectivity index (χ0) is 11.3. The first-order chi connectivity index (χ1) is 7.13. The van der Waals surface area contributed by atoms with Crippen LogP contribution >= 0.6 is 0 Å². The van der Waals surface area contributed by atoms with E-state index in [0.717, 1.165) is 6.42 Å². The van der Waals surface area contributed by atoms with E-state index in [1.807, 2.05) is 0 Å². The summed E-state index contributed by atoms with van der Waals surface area (Å²) in [5.74, 6) is 1.34. The maximum atomic E-state index is 2.45. The van der Waals surface area contributed by atoms with Gasteiger partial charge in [-0.3, -0.25) is 0 Å². The van der Waals surface area contributed by atoms with E-state index >= 15 is 0 Å². The molecule has 15 heavy (non-hydrogen) atoms.